The highest BCUT2D eigenvalue weighted by Crippen LogP contribution is 2.25. The van der Waals surface area contributed by atoms with Crippen LogP contribution >= 0.6 is 0 Å². The molecule has 0 unspecified atom stereocenters. The average molecular weight is 354 g/mol. The van der Waals surface area contributed by atoms with Crippen LogP contribution in [0.3, 0.4) is 0 Å². The monoisotopic (exact) mass is 353 g/mol. The number of benzene rings is 2. The van der Waals surface area contributed by atoms with Gasteiger partial charge in [-0.05, 0) is 61.9 Å². The van der Waals surface area contributed by atoms with E-state index < -0.39 is 6.10 Å². The standard InChI is InChI=1S/C23H31NO2/c1-15-8-9-16(2)21(14-15)17(3)24-22(25)18(4)26-20-12-10-19(11-13-20)23(5,6)7/h8-14,17-18H,1-7H3,(H,24,25)/t17-,18+/m0/s1. The maximum Gasteiger partial charge on any atom is 0.261 e. The second-order valence-corrected chi connectivity index (χ2v) is 8.12. The molecule has 3 nitrogen and oxygen atoms in total. The van der Waals surface area contributed by atoms with Gasteiger partial charge in [0.2, 0.25) is 0 Å². The summed E-state index contributed by atoms with van der Waals surface area (Å²) in [4.78, 5) is 12.5. The molecule has 0 heterocycles. The van der Waals surface area contributed by atoms with Gasteiger partial charge in [0.1, 0.15) is 5.75 Å². The number of hydrogen-bond acceptors (Lipinski definition) is 2. The SMILES string of the molecule is Cc1ccc(C)c([C@H](C)NC(=O)[C@@H](C)Oc2ccc(C(C)(C)C)cc2)c1. The van der Waals surface area contributed by atoms with Gasteiger partial charge in [-0.1, -0.05) is 56.7 Å². The number of carbonyl (C=O) groups excluding carboxylic acids is 1. The molecule has 0 saturated heterocycles. The van der Waals surface area contributed by atoms with Crippen molar-refractivity contribution in [1.82, 2.24) is 5.32 Å². The highest BCUT2D eigenvalue weighted by Gasteiger charge is 2.19. The summed E-state index contributed by atoms with van der Waals surface area (Å²) in [5.41, 5.74) is 4.85. The highest BCUT2D eigenvalue weighted by molar-refractivity contribution is 5.81. The summed E-state index contributed by atoms with van der Waals surface area (Å²) < 4.78 is 5.82. The van der Waals surface area contributed by atoms with Gasteiger partial charge < -0.3 is 10.1 Å². The van der Waals surface area contributed by atoms with Crippen LogP contribution in [0.4, 0.5) is 0 Å². The zero-order valence-electron chi connectivity index (χ0n) is 17.0. The van der Waals surface area contributed by atoms with Crippen molar-refractivity contribution >= 4 is 5.91 Å². The highest BCUT2D eigenvalue weighted by atomic mass is 16.5. The van der Waals surface area contributed by atoms with Crippen molar-refractivity contribution in [2.24, 2.45) is 0 Å². The Morgan fingerprint density at radius 1 is 1.00 bits per heavy atom. The van der Waals surface area contributed by atoms with Crippen molar-refractivity contribution in [3.63, 3.8) is 0 Å². The van der Waals surface area contributed by atoms with Crippen molar-refractivity contribution in [2.75, 3.05) is 0 Å². The summed E-state index contributed by atoms with van der Waals surface area (Å²) in [6.45, 7) is 14.4. The normalized spacial score (nSPS) is 13.8. The molecule has 0 radical (unpaired) electrons. The third-order valence-corrected chi connectivity index (χ3v) is 4.66. The number of aryl methyl sites for hydroxylation is 2. The molecule has 0 aliphatic carbocycles. The van der Waals surface area contributed by atoms with E-state index in [0.717, 1.165) is 5.56 Å². The van der Waals surface area contributed by atoms with E-state index in [-0.39, 0.29) is 17.4 Å². The first-order valence-electron chi connectivity index (χ1n) is 9.22. The Morgan fingerprint density at radius 3 is 2.19 bits per heavy atom. The lowest BCUT2D eigenvalue weighted by Gasteiger charge is -2.22. The molecule has 0 spiro atoms. The quantitative estimate of drug-likeness (QED) is 0.798. The van der Waals surface area contributed by atoms with E-state index in [4.69, 9.17) is 4.74 Å². The van der Waals surface area contributed by atoms with Gasteiger partial charge in [0, 0.05) is 0 Å². The molecule has 0 saturated carbocycles. The van der Waals surface area contributed by atoms with Crippen molar-refractivity contribution in [3.05, 3.63) is 64.7 Å². The lowest BCUT2D eigenvalue weighted by molar-refractivity contribution is -0.127. The Morgan fingerprint density at radius 2 is 1.62 bits per heavy atom. The molecule has 0 aliphatic heterocycles. The van der Waals surface area contributed by atoms with E-state index in [9.17, 15) is 4.79 Å². The lowest BCUT2D eigenvalue weighted by Crippen LogP contribution is -2.38. The zero-order valence-corrected chi connectivity index (χ0v) is 17.0. The molecule has 2 aromatic rings. The van der Waals surface area contributed by atoms with Crippen LogP contribution < -0.4 is 10.1 Å². The molecule has 1 N–H and O–H groups in total. The molecule has 0 aliphatic rings. The predicted octanol–water partition coefficient (Wildman–Crippen LogP) is 5.25. The minimum atomic E-state index is -0.553. The number of hydrogen-bond donors (Lipinski definition) is 1. The fourth-order valence-electron chi connectivity index (χ4n) is 2.93. The van der Waals surface area contributed by atoms with Crippen molar-refractivity contribution in [2.45, 2.75) is 66.0 Å². The number of carbonyl (C=O) groups is 1. The molecule has 2 aromatic carbocycles. The molecule has 0 aromatic heterocycles. The lowest BCUT2D eigenvalue weighted by atomic mass is 9.87. The first kappa shape index (κ1) is 20.0. The summed E-state index contributed by atoms with van der Waals surface area (Å²) in [6.07, 6.45) is -0.553. The summed E-state index contributed by atoms with van der Waals surface area (Å²) in [6, 6.07) is 14.2. The van der Waals surface area contributed by atoms with Crippen molar-refractivity contribution in [3.8, 4) is 5.75 Å². The first-order valence-corrected chi connectivity index (χ1v) is 9.22. The van der Waals surface area contributed by atoms with Gasteiger partial charge in [0.15, 0.2) is 6.10 Å². The number of nitrogens with one attached hydrogen (secondary N) is 1. The van der Waals surface area contributed by atoms with Crippen LogP contribution in [-0.2, 0) is 10.2 Å². The molecular weight excluding hydrogens is 322 g/mol. The van der Waals surface area contributed by atoms with Gasteiger partial charge in [0.25, 0.3) is 5.91 Å². The predicted molar refractivity (Wildman–Crippen MR) is 108 cm³/mol. The summed E-state index contributed by atoms with van der Waals surface area (Å²) >= 11 is 0. The molecule has 2 rings (SSSR count). The van der Waals surface area contributed by atoms with E-state index >= 15 is 0 Å². The largest absolute Gasteiger partial charge is 0.481 e. The summed E-state index contributed by atoms with van der Waals surface area (Å²) in [5.74, 6) is 0.596. The Hall–Kier alpha value is -2.29. The van der Waals surface area contributed by atoms with E-state index in [1.54, 1.807) is 6.92 Å². The fourth-order valence-corrected chi connectivity index (χ4v) is 2.93. The second-order valence-electron chi connectivity index (χ2n) is 8.12. The third-order valence-electron chi connectivity index (χ3n) is 4.66. The van der Waals surface area contributed by atoms with Gasteiger partial charge in [-0.15, -0.1) is 0 Å². The van der Waals surface area contributed by atoms with Gasteiger partial charge in [-0.25, -0.2) is 0 Å². The molecule has 0 fully saturated rings. The van der Waals surface area contributed by atoms with Crippen LogP contribution in [-0.4, -0.2) is 12.0 Å². The van der Waals surface area contributed by atoms with Crippen LogP contribution in [0.2, 0.25) is 0 Å². The van der Waals surface area contributed by atoms with Crippen LogP contribution in [0.15, 0.2) is 42.5 Å². The van der Waals surface area contributed by atoms with E-state index in [2.05, 4.69) is 70.3 Å². The Balaban J connectivity index is 2.00. The van der Waals surface area contributed by atoms with Gasteiger partial charge in [-0.3, -0.25) is 4.79 Å². The Bertz CT molecular complexity index is 757. The van der Waals surface area contributed by atoms with Gasteiger partial charge in [-0.2, -0.15) is 0 Å². The molecular formula is C23H31NO2. The average Bonchev–Trinajstić information content (AvgIpc) is 2.56. The second kappa shape index (κ2) is 7.94. The van der Waals surface area contributed by atoms with E-state index in [0.29, 0.717) is 5.75 Å². The van der Waals surface area contributed by atoms with Crippen molar-refractivity contribution in [1.29, 1.82) is 0 Å². The molecule has 140 valence electrons. The van der Waals surface area contributed by atoms with Gasteiger partial charge >= 0.3 is 0 Å². The summed E-state index contributed by atoms with van der Waals surface area (Å²) in [7, 11) is 0. The topological polar surface area (TPSA) is 38.3 Å². The third kappa shape index (κ3) is 5.10. The van der Waals surface area contributed by atoms with Crippen LogP contribution in [0.25, 0.3) is 0 Å². The first-order chi connectivity index (χ1) is 12.1. The molecule has 1 amide bonds. The smallest absolute Gasteiger partial charge is 0.261 e. The van der Waals surface area contributed by atoms with Crippen LogP contribution in [0, 0.1) is 13.8 Å². The molecule has 2 atom stereocenters. The van der Waals surface area contributed by atoms with E-state index in [1.807, 2.05) is 19.1 Å². The number of rotatable bonds is 5. The molecule has 0 bridgehead atoms. The molecule has 26 heavy (non-hydrogen) atoms. The minimum Gasteiger partial charge on any atom is -0.481 e. The van der Waals surface area contributed by atoms with Crippen LogP contribution in [0.1, 0.15) is 62.9 Å². The minimum absolute atomic E-state index is 0.0586. The molecule has 3 heteroatoms. The number of amides is 1. The fraction of sp³-hybridized carbons (Fsp3) is 0.435. The maximum atomic E-state index is 12.5. The Labute approximate surface area is 157 Å². The zero-order chi connectivity index (χ0) is 19.5. The van der Waals surface area contributed by atoms with E-state index in [1.165, 1.54) is 16.7 Å². The maximum absolute atomic E-state index is 12.5. The Kier molecular flexibility index (Phi) is 6.12. The number of ether oxygens (including phenoxy) is 1. The van der Waals surface area contributed by atoms with Crippen LogP contribution in [0.5, 0.6) is 5.75 Å². The summed E-state index contributed by atoms with van der Waals surface area (Å²) in [5, 5.41) is 3.06. The van der Waals surface area contributed by atoms with Gasteiger partial charge in [0.05, 0.1) is 6.04 Å². The van der Waals surface area contributed by atoms with Crippen molar-refractivity contribution < 1.29 is 9.53 Å².